The molecule has 4 atom stereocenters. The van der Waals surface area contributed by atoms with Gasteiger partial charge in [-0.3, -0.25) is 24.2 Å². The molecule has 3 rings (SSSR count). The van der Waals surface area contributed by atoms with Gasteiger partial charge in [0.25, 0.3) is 11.8 Å². The summed E-state index contributed by atoms with van der Waals surface area (Å²) in [4.78, 5) is 50.1. The molecule has 1 aliphatic heterocycles. The molecule has 3 unspecified atom stereocenters. The maximum absolute atomic E-state index is 13.0. The Hall–Kier alpha value is -3.92. The summed E-state index contributed by atoms with van der Waals surface area (Å²) in [5.41, 5.74) is 6.09. The Morgan fingerprint density at radius 1 is 1.00 bits per heavy atom. The van der Waals surface area contributed by atoms with Crippen molar-refractivity contribution in [2.45, 2.75) is 78.1 Å². The number of nitrogens with zero attached hydrogens (tertiary/aromatic N) is 1. The van der Waals surface area contributed by atoms with Gasteiger partial charge in [0.15, 0.2) is 6.10 Å². The largest absolute Gasteiger partial charge is 0.481 e. The molecule has 0 spiro atoms. The van der Waals surface area contributed by atoms with Crippen LogP contribution in [-0.2, 0) is 25.6 Å². The van der Waals surface area contributed by atoms with E-state index in [9.17, 15) is 24.3 Å². The van der Waals surface area contributed by atoms with Gasteiger partial charge in [0.05, 0.1) is 0 Å². The summed E-state index contributed by atoms with van der Waals surface area (Å²) in [5.74, 6) is -2.20. The number of rotatable bonds is 11. The number of carbonyl (C=O) groups excluding carboxylic acids is 3. The van der Waals surface area contributed by atoms with Crippen LogP contribution in [0.2, 0.25) is 0 Å². The second-order valence-corrected chi connectivity index (χ2v) is 10.5. The zero-order chi connectivity index (χ0) is 29.4. The van der Waals surface area contributed by atoms with E-state index < -0.39 is 47.9 Å². The van der Waals surface area contributed by atoms with Crippen LogP contribution in [0.15, 0.2) is 48.5 Å². The predicted molar refractivity (Wildman–Crippen MR) is 151 cm³/mol. The second kappa shape index (κ2) is 13.9. The quantitative estimate of drug-likeness (QED) is 0.336. The van der Waals surface area contributed by atoms with E-state index in [1.807, 2.05) is 24.3 Å². The molecule has 0 aliphatic carbocycles. The molecule has 2 aromatic carbocycles. The highest BCUT2D eigenvalue weighted by Crippen LogP contribution is 2.24. The van der Waals surface area contributed by atoms with Crippen LogP contribution in [0.1, 0.15) is 53.0 Å². The molecule has 1 heterocycles. The van der Waals surface area contributed by atoms with Crippen LogP contribution < -0.4 is 20.8 Å². The summed E-state index contributed by atoms with van der Waals surface area (Å²) >= 11 is 0. The lowest BCUT2D eigenvalue weighted by molar-refractivity contribution is -0.148. The molecule has 40 heavy (non-hydrogen) atoms. The minimum absolute atomic E-state index is 0.263. The van der Waals surface area contributed by atoms with E-state index in [0.29, 0.717) is 25.1 Å². The Morgan fingerprint density at radius 3 is 2.33 bits per heavy atom. The third kappa shape index (κ3) is 8.05. The van der Waals surface area contributed by atoms with Crippen molar-refractivity contribution in [2.24, 2.45) is 5.92 Å². The van der Waals surface area contributed by atoms with Gasteiger partial charge in [-0.25, -0.2) is 5.43 Å². The van der Waals surface area contributed by atoms with Crippen molar-refractivity contribution in [2.75, 3.05) is 6.54 Å². The van der Waals surface area contributed by atoms with Crippen LogP contribution in [0.5, 0.6) is 5.75 Å². The van der Waals surface area contributed by atoms with Crippen molar-refractivity contribution in [1.82, 2.24) is 21.1 Å². The molecule has 216 valence electrons. The van der Waals surface area contributed by atoms with Gasteiger partial charge in [-0.1, -0.05) is 57.2 Å². The fraction of sp³-hybridized carbons (Fsp3) is 0.467. The zero-order valence-electron chi connectivity index (χ0n) is 23.8. The summed E-state index contributed by atoms with van der Waals surface area (Å²) in [6.07, 6.45) is 1.04. The van der Waals surface area contributed by atoms with Crippen LogP contribution in [0.3, 0.4) is 0 Å². The zero-order valence-corrected chi connectivity index (χ0v) is 23.8. The first-order chi connectivity index (χ1) is 19.0. The number of hydrogen-bond acceptors (Lipinski definition) is 6. The van der Waals surface area contributed by atoms with Gasteiger partial charge >= 0.3 is 5.97 Å². The van der Waals surface area contributed by atoms with Crippen molar-refractivity contribution in [3.05, 3.63) is 54.1 Å². The number of carboxylic acid groups (broad SMARTS) is 1. The smallest absolute Gasteiger partial charge is 0.322 e. The second-order valence-electron chi connectivity index (χ2n) is 10.5. The fourth-order valence-electron chi connectivity index (χ4n) is 4.48. The first-order valence-electron chi connectivity index (χ1n) is 13.8. The summed E-state index contributed by atoms with van der Waals surface area (Å²) in [6.45, 7) is 9.17. The summed E-state index contributed by atoms with van der Waals surface area (Å²) in [7, 11) is 0. The van der Waals surface area contributed by atoms with Crippen molar-refractivity contribution >= 4 is 23.7 Å². The minimum Gasteiger partial charge on any atom is -0.481 e. The molecular formula is C30H40N4O6. The van der Waals surface area contributed by atoms with E-state index in [0.717, 1.165) is 17.5 Å². The molecule has 1 saturated heterocycles. The molecule has 0 aromatic heterocycles. The fourth-order valence-corrected chi connectivity index (χ4v) is 4.48. The normalized spacial score (nSPS) is 17.4. The van der Waals surface area contributed by atoms with Gasteiger partial charge in [0.1, 0.15) is 23.9 Å². The van der Waals surface area contributed by atoms with E-state index in [-0.39, 0.29) is 5.92 Å². The minimum atomic E-state index is -1.04. The summed E-state index contributed by atoms with van der Waals surface area (Å²) < 4.78 is 5.84. The summed E-state index contributed by atoms with van der Waals surface area (Å²) in [5, 5.41) is 15.9. The highest BCUT2D eigenvalue weighted by Gasteiger charge is 2.33. The van der Waals surface area contributed by atoms with Gasteiger partial charge in [0.2, 0.25) is 5.91 Å². The number of ether oxygens (including phenoxy) is 1. The number of hydrazine groups is 1. The van der Waals surface area contributed by atoms with E-state index in [2.05, 4.69) is 35.1 Å². The van der Waals surface area contributed by atoms with Crippen molar-refractivity contribution in [3.63, 3.8) is 0 Å². The van der Waals surface area contributed by atoms with E-state index in [1.165, 1.54) is 17.5 Å². The lowest BCUT2D eigenvalue weighted by atomic mass is 10.0. The number of amides is 3. The van der Waals surface area contributed by atoms with Crippen LogP contribution in [0.4, 0.5) is 0 Å². The standard InChI is InChI=1S/C30H40N4O6/c1-6-21-9-7-10-23(17-21)22-12-14-24(15-13-22)40-20(5)27(35)32-26(18(2)3)28(36)31-19(4)29(37)34-16-8-11-25(33-34)30(38)39/h7,9-10,12-15,17-20,25-26,33H,6,8,11,16H2,1-5H3,(H,31,36)(H,32,35)(H,38,39)/t19?,20-,25?,26?/m1/s1. The first-order valence-corrected chi connectivity index (χ1v) is 13.8. The number of aliphatic carboxylic acids is 1. The van der Waals surface area contributed by atoms with Gasteiger partial charge < -0.3 is 20.5 Å². The van der Waals surface area contributed by atoms with E-state index in [1.54, 1.807) is 32.9 Å². The Morgan fingerprint density at radius 2 is 1.70 bits per heavy atom. The molecule has 0 bridgehead atoms. The Bertz CT molecular complexity index is 1200. The van der Waals surface area contributed by atoms with Gasteiger partial charge in [0, 0.05) is 6.54 Å². The number of carboxylic acids is 1. The topological polar surface area (TPSA) is 137 Å². The highest BCUT2D eigenvalue weighted by molar-refractivity contribution is 5.93. The molecule has 0 radical (unpaired) electrons. The van der Waals surface area contributed by atoms with Crippen molar-refractivity contribution < 1.29 is 29.0 Å². The first kappa shape index (κ1) is 30.6. The molecule has 1 aliphatic rings. The lowest BCUT2D eigenvalue weighted by Crippen LogP contribution is -2.61. The monoisotopic (exact) mass is 552 g/mol. The average molecular weight is 553 g/mol. The third-order valence-electron chi connectivity index (χ3n) is 6.93. The van der Waals surface area contributed by atoms with Crippen LogP contribution in [-0.4, -0.2) is 64.6 Å². The number of carbonyl (C=O) groups is 4. The van der Waals surface area contributed by atoms with Gasteiger partial charge in [-0.05, 0) is 67.9 Å². The lowest BCUT2D eigenvalue weighted by Gasteiger charge is -2.34. The molecule has 10 nitrogen and oxygen atoms in total. The van der Waals surface area contributed by atoms with Crippen LogP contribution in [0, 0.1) is 5.92 Å². The third-order valence-corrected chi connectivity index (χ3v) is 6.93. The Kier molecular flexibility index (Phi) is 10.7. The molecule has 2 aromatic rings. The molecule has 0 saturated carbocycles. The number of nitrogens with one attached hydrogen (secondary N) is 3. The molecule has 4 N–H and O–H groups in total. The van der Waals surface area contributed by atoms with Crippen LogP contribution in [0.25, 0.3) is 11.1 Å². The highest BCUT2D eigenvalue weighted by atomic mass is 16.5. The number of hydrogen-bond donors (Lipinski definition) is 4. The average Bonchev–Trinajstić information content (AvgIpc) is 2.95. The SMILES string of the molecule is CCc1cccc(-c2ccc(O[C@H](C)C(=O)NC(C(=O)NC(C)C(=O)N3CCCC(C(=O)O)N3)C(C)C)cc2)c1. The Labute approximate surface area is 235 Å². The number of aryl methyl sites for hydroxylation is 1. The van der Waals surface area contributed by atoms with Gasteiger partial charge in [-0.15, -0.1) is 0 Å². The molecule has 10 heteroatoms. The molecule has 1 fully saturated rings. The molecule has 3 amide bonds. The maximum Gasteiger partial charge on any atom is 0.322 e. The van der Waals surface area contributed by atoms with Crippen LogP contribution >= 0.6 is 0 Å². The van der Waals surface area contributed by atoms with Crippen molar-refractivity contribution in [3.8, 4) is 16.9 Å². The van der Waals surface area contributed by atoms with Crippen molar-refractivity contribution in [1.29, 1.82) is 0 Å². The Balaban J connectivity index is 1.56. The van der Waals surface area contributed by atoms with Gasteiger partial charge in [-0.2, -0.15) is 0 Å². The van der Waals surface area contributed by atoms with E-state index >= 15 is 0 Å². The number of benzene rings is 2. The molecular weight excluding hydrogens is 512 g/mol. The van der Waals surface area contributed by atoms with E-state index in [4.69, 9.17) is 4.74 Å². The maximum atomic E-state index is 13.0. The predicted octanol–water partition coefficient (Wildman–Crippen LogP) is 2.91. The summed E-state index contributed by atoms with van der Waals surface area (Å²) in [6, 6.07) is 13.1.